The van der Waals surface area contributed by atoms with Gasteiger partial charge >= 0.3 is 0 Å². The molecule has 4 aromatic rings. The Morgan fingerprint density at radius 3 is 2.50 bits per heavy atom. The lowest BCUT2D eigenvalue weighted by atomic mass is 10.1. The molecule has 5 heteroatoms. The smallest absolute Gasteiger partial charge is 0.165 e. The van der Waals surface area contributed by atoms with Crippen molar-refractivity contribution in [3.63, 3.8) is 0 Å². The van der Waals surface area contributed by atoms with Gasteiger partial charge in [-0.3, -0.25) is 0 Å². The number of benzene rings is 3. The van der Waals surface area contributed by atoms with Crippen LogP contribution in [0, 0.1) is 12.7 Å². The van der Waals surface area contributed by atoms with E-state index in [1.165, 1.54) is 6.07 Å². The molecule has 1 heterocycles. The third kappa shape index (κ3) is 3.11. The molecular formula is C21H15ClFN3. The zero-order valence-electron chi connectivity index (χ0n) is 14.0. The first-order valence-corrected chi connectivity index (χ1v) is 8.54. The van der Waals surface area contributed by atoms with Gasteiger partial charge in [-0.25, -0.2) is 14.4 Å². The molecule has 26 heavy (non-hydrogen) atoms. The number of aromatic nitrogens is 2. The fourth-order valence-electron chi connectivity index (χ4n) is 2.74. The molecule has 0 radical (unpaired) electrons. The molecule has 0 aliphatic carbocycles. The van der Waals surface area contributed by atoms with Crippen molar-refractivity contribution in [2.24, 2.45) is 0 Å². The summed E-state index contributed by atoms with van der Waals surface area (Å²) in [5.41, 5.74) is 2.91. The highest BCUT2D eigenvalue weighted by atomic mass is 35.5. The number of hydrogen-bond donors (Lipinski definition) is 1. The normalized spacial score (nSPS) is 10.9. The molecule has 3 nitrogen and oxygen atoms in total. The second-order valence-electron chi connectivity index (χ2n) is 5.98. The number of halogens is 2. The van der Waals surface area contributed by atoms with Gasteiger partial charge in [0.05, 0.1) is 11.1 Å². The van der Waals surface area contributed by atoms with Crippen molar-refractivity contribution in [2.75, 3.05) is 5.32 Å². The van der Waals surface area contributed by atoms with Crippen molar-refractivity contribution in [3.05, 3.63) is 83.1 Å². The number of nitrogens with one attached hydrogen (secondary N) is 1. The molecule has 0 fully saturated rings. The maximum absolute atomic E-state index is 14.2. The predicted octanol–water partition coefficient (Wildman–Crippen LogP) is 6.14. The molecule has 0 aliphatic rings. The monoisotopic (exact) mass is 363 g/mol. The molecule has 0 amide bonds. The van der Waals surface area contributed by atoms with Gasteiger partial charge < -0.3 is 5.32 Å². The van der Waals surface area contributed by atoms with E-state index < -0.39 is 0 Å². The van der Waals surface area contributed by atoms with Crippen LogP contribution in [0.1, 0.15) is 5.56 Å². The highest BCUT2D eigenvalue weighted by Gasteiger charge is 2.12. The quantitative estimate of drug-likeness (QED) is 0.475. The summed E-state index contributed by atoms with van der Waals surface area (Å²) in [6, 6.07) is 19.8. The van der Waals surface area contributed by atoms with Gasteiger partial charge in [-0.05, 0) is 48.9 Å². The van der Waals surface area contributed by atoms with Crippen LogP contribution in [0.3, 0.4) is 0 Å². The van der Waals surface area contributed by atoms with Gasteiger partial charge in [0.2, 0.25) is 0 Å². The number of aryl methyl sites for hydroxylation is 1. The molecule has 0 spiro atoms. The minimum atomic E-state index is -0.355. The first kappa shape index (κ1) is 16.5. The largest absolute Gasteiger partial charge is 0.340 e. The minimum absolute atomic E-state index is 0.336. The zero-order valence-corrected chi connectivity index (χ0v) is 14.8. The minimum Gasteiger partial charge on any atom is -0.340 e. The van der Waals surface area contributed by atoms with Crippen LogP contribution in [0.25, 0.3) is 22.3 Å². The van der Waals surface area contributed by atoms with E-state index in [1.807, 2.05) is 49.4 Å². The van der Waals surface area contributed by atoms with E-state index in [-0.39, 0.29) is 5.82 Å². The SMILES string of the molecule is Cc1ccc(Nc2nc(-c3ccccc3F)nc3ccccc23)cc1Cl. The summed E-state index contributed by atoms with van der Waals surface area (Å²) in [5, 5.41) is 4.81. The Morgan fingerprint density at radius 1 is 0.923 bits per heavy atom. The van der Waals surface area contributed by atoms with Crippen LogP contribution in [-0.4, -0.2) is 9.97 Å². The Morgan fingerprint density at radius 2 is 1.69 bits per heavy atom. The number of hydrogen-bond acceptors (Lipinski definition) is 3. The van der Waals surface area contributed by atoms with Crippen molar-refractivity contribution < 1.29 is 4.39 Å². The maximum atomic E-state index is 14.2. The maximum Gasteiger partial charge on any atom is 0.165 e. The summed E-state index contributed by atoms with van der Waals surface area (Å²) in [6.45, 7) is 1.95. The standard InChI is InChI=1S/C21H15ClFN3/c1-13-10-11-14(12-17(13)22)24-21-16-7-3-5-9-19(16)25-20(26-21)15-6-2-4-8-18(15)23/h2-12H,1H3,(H,24,25,26). The van der Waals surface area contributed by atoms with Crippen molar-refractivity contribution in [3.8, 4) is 11.4 Å². The van der Waals surface area contributed by atoms with E-state index in [9.17, 15) is 4.39 Å². The summed E-state index contributed by atoms with van der Waals surface area (Å²) < 4.78 is 14.2. The Labute approximate surface area is 155 Å². The zero-order chi connectivity index (χ0) is 18.1. The van der Waals surface area contributed by atoms with Crippen LogP contribution in [0.4, 0.5) is 15.9 Å². The summed E-state index contributed by atoms with van der Waals surface area (Å²) in [6.07, 6.45) is 0. The molecule has 4 rings (SSSR count). The molecule has 1 aromatic heterocycles. The van der Waals surface area contributed by atoms with Gasteiger partial charge in [0.1, 0.15) is 11.6 Å². The summed E-state index contributed by atoms with van der Waals surface area (Å²) in [5.74, 6) is 0.586. The van der Waals surface area contributed by atoms with E-state index in [0.29, 0.717) is 22.2 Å². The van der Waals surface area contributed by atoms with Gasteiger partial charge in [0, 0.05) is 16.1 Å². The molecule has 0 saturated carbocycles. The summed E-state index contributed by atoms with van der Waals surface area (Å²) >= 11 is 6.22. The molecule has 0 saturated heterocycles. The third-order valence-electron chi connectivity index (χ3n) is 4.15. The van der Waals surface area contributed by atoms with Gasteiger partial charge in [-0.15, -0.1) is 0 Å². The van der Waals surface area contributed by atoms with Crippen LogP contribution < -0.4 is 5.32 Å². The lowest BCUT2D eigenvalue weighted by molar-refractivity contribution is 0.630. The van der Waals surface area contributed by atoms with Gasteiger partial charge in [-0.1, -0.05) is 41.9 Å². The van der Waals surface area contributed by atoms with Gasteiger partial charge in [0.15, 0.2) is 5.82 Å². The van der Waals surface area contributed by atoms with Crippen LogP contribution in [0.15, 0.2) is 66.7 Å². The van der Waals surface area contributed by atoms with E-state index in [1.54, 1.807) is 18.2 Å². The van der Waals surface area contributed by atoms with Crippen LogP contribution in [0.2, 0.25) is 5.02 Å². The first-order valence-electron chi connectivity index (χ1n) is 8.17. The second-order valence-corrected chi connectivity index (χ2v) is 6.39. The molecule has 128 valence electrons. The fraction of sp³-hybridized carbons (Fsp3) is 0.0476. The lowest BCUT2D eigenvalue weighted by Gasteiger charge is -2.12. The molecule has 3 aromatic carbocycles. The van der Waals surface area contributed by atoms with Crippen LogP contribution in [0.5, 0.6) is 0 Å². The molecule has 0 bridgehead atoms. The molecule has 0 atom stereocenters. The molecule has 0 aliphatic heterocycles. The number of nitrogens with zero attached hydrogens (tertiary/aromatic N) is 2. The molecule has 1 N–H and O–H groups in total. The van der Waals surface area contributed by atoms with Crippen molar-refractivity contribution in [1.82, 2.24) is 9.97 Å². The summed E-state index contributed by atoms with van der Waals surface area (Å²) in [7, 11) is 0. The van der Waals surface area contributed by atoms with E-state index in [0.717, 1.165) is 22.2 Å². The number of anilines is 2. The van der Waals surface area contributed by atoms with Crippen LogP contribution >= 0.6 is 11.6 Å². The van der Waals surface area contributed by atoms with Gasteiger partial charge in [0.25, 0.3) is 0 Å². The predicted molar refractivity (Wildman–Crippen MR) is 104 cm³/mol. The Hall–Kier alpha value is -2.98. The van der Waals surface area contributed by atoms with E-state index in [2.05, 4.69) is 15.3 Å². The Balaban J connectivity index is 1.87. The van der Waals surface area contributed by atoms with Crippen molar-refractivity contribution in [1.29, 1.82) is 0 Å². The molecule has 0 unspecified atom stereocenters. The van der Waals surface area contributed by atoms with Crippen molar-refractivity contribution in [2.45, 2.75) is 6.92 Å². The highest BCUT2D eigenvalue weighted by Crippen LogP contribution is 2.29. The number of rotatable bonds is 3. The Kier molecular flexibility index (Phi) is 4.27. The van der Waals surface area contributed by atoms with Crippen molar-refractivity contribution >= 4 is 34.0 Å². The first-order chi connectivity index (χ1) is 12.6. The molecular weight excluding hydrogens is 349 g/mol. The third-order valence-corrected chi connectivity index (χ3v) is 4.56. The Bertz CT molecular complexity index is 1110. The number of para-hydroxylation sites is 1. The fourth-order valence-corrected chi connectivity index (χ4v) is 2.92. The second kappa shape index (κ2) is 6.73. The van der Waals surface area contributed by atoms with E-state index >= 15 is 0 Å². The van der Waals surface area contributed by atoms with Gasteiger partial charge in [-0.2, -0.15) is 0 Å². The van der Waals surface area contributed by atoms with E-state index in [4.69, 9.17) is 11.6 Å². The average molecular weight is 364 g/mol. The lowest BCUT2D eigenvalue weighted by Crippen LogP contribution is -2.00. The average Bonchev–Trinajstić information content (AvgIpc) is 2.65. The summed E-state index contributed by atoms with van der Waals surface area (Å²) in [4.78, 5) is 9.10. The van der Waals surface area contributed by atoms with Crippen LogP contribution in [-0.2, 0) is 0 Å². The highest BCUT2D eigenvalue weighted by molar-refractivity contribution is 6.31. The number of fused-ring (bicyclic) bond motifs is 1. The topological polar surface area (TPSA) is 37.8 Å².